The molecule has 0 amide bonds. The third-order valence-electron chi connectivity index (χ3n) is 4.82. The lowest BCUT2D eigenvalue weighted by Gasteiger charge is -2.22. The van der Waals surface area contributed by atoms with E-state index in [0.717, 1.165) is 42.6 Å². The minimum Gasteiger partial charge on any atom is -0.455 e. The Kier molecular flexibility index (Phi) is 3.96. The van der Waals surface area contributed by atoms with Gasteiger partial charge in [-0.2, -0.15) is 0 Å². The van der Waals surface area contributed by atoms with Crippen molar-refractivity contribution < 1.29 is 9.47 Å². The molecular weight excluding hydrogens is 398 g/mol. The molecule has 0 atom stereocenters. The van der Waals surface area contributed by atoms with E-state index in [4.69, 9.17) is 13.2 Å². The smallest absolute Gasteiger partial charge is 0.233 e. The van der Waals surface area contributed by atoms with E-state index in [-0.39, 0.29) is 0 Å². The first-order valence-electron chi connectivity index (χ1n) is 9.31. The van der Waals surface area contributed by atoms with E-state index in [1.807, 2.05) is 48.5 Å². The summed E-state index contributed by atoms with van der Waals surface area (Å²) in [5.74, 6) is 3.54. The average molecular weight is 415 g/mol. The van der Waals surface area contributed by atoms with Gasteiger partial charge < -0.3 is 9.47 Å². The van der Waals surface area contributed by atoms with Crippen molar-refractivity contribution in [2.45, 2.75) is 19.6 Å². The van der Waals surface area contributed by atoms with Gasteiger partial charge in [0, 0.05) is 22.8 Å². The average Bonchev–Trinajstić information content (AvgIpc) is 2.78. The number of fused-ring (bicyclic) bond motifs is 4. The van der Waals surface area contributed by atoms with Crippen LogP contribution in [0.15, 0.2) is 120 Å². The number of benzene rings is 4. The predicted octanol–water partition coefficient (Wildman–Crippen LogP) is 6.77. The fourth-order valence-corrected chi connectivity index (χ4v) is 7.87. The van der Waals surface area contributed by atoms with E-state index in [1.54, 1.807) is 0 Å². The van der Waals surface area contributed by atoms with Crippen molar-refractivity contribution in [1.82, 2.24) is 0 Å². The molecule has 0 bridgehead atoms. The molecule has 2 aliphatic rings. The molecule has 0 saturated carbocycles. The summed E-state index contributed by atoms with van der Waals surface area (Å²) in [5, 5.41) is 0. The molecule has 0 radical (unpaired) electrons. The molecule has 0 N–H and O–H groups in total. The minimum atomic E-state index is -0.450. The molecule has 0 unspecified atom stereocenters. The summed E-state index contributed by atoms with van der Waals surface area (Å²) in [6, 6.07) is 32.9. The van der Waals surface area contributed by atoms with Crippen LogP contribution in [0.2, 0.25) is 0 Å². The Balaban J connectivity index is 1.62. The second-order valence-electron chi connectivity index (χ2n) is 6.63. The summed E-state index contributed by atoms with van der Waals surface area (Å²) in [6.45, 7) is 0. The standard InChI is InChI=1S/C24H16NO2S2/c1-5-13-21-17(9-1)26-18-10-2-6-14-22(18)28(21)25-29-23-15-7-3-11-19(23)27-20-12-4-8-16-24(20)29/h1-16H/q+1. The molecule has 4 aromatic carbocycles. The van der Waals surface area contributed by atoms with Crippen LogP contribution in [-0.2, 0) is 21.8 Å². The Morgan fingerprint density at radius 3 is 1.48 bits per heavy atom. The van der Waals surface area contributed by atoms with Crippen LogP contribution in [0.25, 0.3) is 0 Å². The number of hydrogen-bond donors (Lipinski definition) is 0. The highest BCUT2D eigenvalue weighted by molar-refractivity contribution is 8.03. The van der Waals surface area contributed by atoms with Crippen LogP contribution in [0.3, 0.4) is 0 Å². The Bertz CT molecular complexity index is 1190. The summed E-state index contributed by atoms with van der Waals surface area (Å²) in [7, 11) is -0.450. The molecule has 0 fully saturated rings. The molecule has 5 heteroatoms. The van der Waals surface area contributed by atoms with Crippen molar-refractivity contribution >= 4 is 21.8 Å². The lowest BCUT2D eigenvalue weighted by molar-refractivity contribution is 0.453. The zero-order valence-electron chi connectivity index (χ0n) is 15.3. The van der Waals surface area contributed by atoms with E-state index >= 15 is 0 Å². The molecule has 4 aromatic rings. The van der Waals surface area contributed by atoms with E-state index in [1.165, 1.54) is 0 Å². The van der Waals surface area contributed by atoms with Gasteiger partial charge in [0.1, 0.15) is 11.5 Å². The summed E-state index contributed by atoms with van der Waals surface area (Å²) in [5.41, 5.74) is 0. The van der Waals surface area contributed by atoms with Crippen molar-refractivity contribution in [2.75, 3.05) is 0 Å². The largest absolute Gasteiger partial charge is 0.455 e. The fourth-order valence-electron chi connectivity index (χ4n) is 3.49. The number of ether oxygens (including phenoxy) is 2. The van der Waals surface area contributed by atoms with Gasteiger partial charge in [0.2, 0.25) is 20.9 Å². The normalized spacial score (nSPS) is 14.5. The highest BCUT2D eigenvalue weighted by atomic mass is 32.2. The molecule has 2 heterocycles. The zero-order valence-corrected chi connectivity index (χ0v) is 17.0. The van der Waals surface area contributed by atoms with Gasteiger partial charge in [-0.15, -0.1) is 0 Å². The molecular formula is C24H16NO2S2+. The molecule has 0 aliphatic carbocycles. The number of rotatable bonds is 1. The highest BCUT2D eigenvalue weighted by Crippen LogP contribution is 2.47. The molecule has 0 spiro atoms. The lowest BCUT2D eigenvalue weighted by atomic mass is 10.3. The van der Waals surface area contributed by atoms with Gasteiger partial charge in [-0.1, -0.05) is 48.5 Å². The van der Waals surface area contributed by atoms with E-state index < -0.39 is 21.8 Å². The number of para-hydroxylation sites is 4. The van der Waals surface area contributed by atoms with Gasteiger partial charge in [-0.05, 0) is 40.2 Å². The summed E-state index contributed by atoms with van der Waals surface area (Å²) in [4.78, 5) is 4.50. The monoisotopic (exact) mass is 414 g/mol. The van der Waals surface area contributed by atoms with Crippen molar-refractivity contribution in [3.8, 4) is 23.0 Å². The van der Waals surface area contributed by atoms with Crippen LogP contribution in [0.4, 0.5) is 0 Å². The first-order chi connectivity index (χ1) is 14.4. The predicted molar refractivity (Wildman–Crippen MR) is 116 cm³/mol. The number of hydrogen-bond acceptors (Lipinski definition) is 3. The maximum atomic E-state index is 6.16. The van der Waals surface area contributed by atoms with Gasteiger partial charge in [-0.25, -0.2) is 0 Å². The first kappa shape index (κ1) is 16.9. The molecule has 0 saturated heterocycles. The second kappa shape index (κ2) is 6.79. The SMILES string of the molecule is c1ccc2c(c1)Oc1ccccc1S2=N[S+]1c2ccccc2Oc2ccccc21. The van der Waals surface area contributed by atoms with Crippen LogP contribution in [0.1, 0.15) is 0 Å². The molecule has 6 rings (SSSR count). The fraction of sp³-hybridized carbons (Fsp3) is 0. The van der Waals surface area contributed by atoms with Gasteiger partial charge in [0.25, 0.3) is 0 Å². The maximum absolute atomic E-state index is 6.16. The highest BCUT2D eigenvalue weighted by Gasteiger charge is 2.39. The van der Waals surface area contributed by atoms with Gasteiger partial charge in [-0.3, -0.25) is 0 Å². The topological polar surface area (TPSA) is 30.8 Å². The van der Waals surface area contributed by atoms with E-state index in [2.05, 4.69) is 48.5 Å². The third kappa shape index (κ3) is 2.77. The molecule has 140 valence electrons. The third-order valence-corrected chi connectivity index (χ3v) is 9.03. The Hall–Kier alpha value is -3.02. The van der Waals surface area contributed by atoms with Gasteiger partial charge >= 0.3 is 0 Å². The summed E-state index contributed by atoms with van der Waals surface area (Å²) >= 11 is -0.450. The first-order valence-corrected chi connectivity index (χ1v) is 11.7. The quantitative estimate of drug-likeness (QED) is 0.283. The minimum absolute atomic E-state index is 0.450. The van der Waals surface area contributed by atoms with Crippen LogP contribution >= 0.6 is 0 Å². The Morgan fingerprint density at radius 1 is 0.517 bits per heavy atom. The Labute approximate surface area is 174 Å². The molecule has 0 aromatic heterocycles. The molecule has 3 nitrogen and oxygen atoms in total. The van der Waals surface area contributed by atoms with Crippen molar-refractivity contribution in [3.05, 3.63) is 97.1 Å². The molecule has 2 aliphatic heterocycles. The van der Waals surface area contributed by atoms with Crippen molar-refractivity contribution in [2.24, 2.45) is 3.77 Å². The second-order valence-corrected chi connectivity index (χ2v) is 10.1. The van der Waals surface area contributed by atoms with Crippen molar-refractivity contribution in [1.29, 1.82) is 0 Å². The Morgan fingerprint density at radius 2 is 0.931 bits per heavy atom. The zero-order chi connectivity index (χ0) is 19.2. The number of nitrogens with zero attached hydrogens (tertiary/aromatic N) is 1. The van der Waals surface area contributed by atoms with Gasteiger partial charge in [0.15, 0.2) is 11.5 Å². The summed E-state index contributed by atoms with van der Waals surface area (Å²) < 4.78 is 17.8. The lowest BCUT2D eigenvalue weighted by Crippen LogP contribution is -2.12. The van der Waals surface area contributed by atoms with E-state index in [0.29, 0.717) is 0 Å². The van der Waals surface area contributed by atoms with Crippen LogP contribution < -0.4 is 9.47 Å². The van der Waals surface area contributed by atoms with Gasteiger partial charge in [0.05, 0.1) is 9.79 Å². The maximum Gasteiger partial charge on any atom is 0.233 e. The van der Waals surface area contributed by atoms with Crippen LogP contribution in [-0.4, -0.2) is 0 Å². The van der Waals surface area contributed by atoms with E-state index in [9.17, 15) is 0 Å². The van der Waals surface area contributed by atoms with Crippen molar-refractivity contribution in [3.63, 3.8) is 0 Å². The molecule has 29 heavy (non-hydrogen) atoms. The summed E-state index contributed by atoms with van der Waals surface area (Å²) in [6.07, 6.45) is 0. The van der Waals surface area contributed by atoms with Crippen LogP contribution in [0, 0.1) is 0 Å². The van der Waals surface area contributed by atoms with Crippen LogP contribution in [0.5, 0.6) is 23.0 Å².